The van der Waals surface area contributed by atoms with E-state index in [0.717, 1.165) is 16.6 Å². The molecule has 2 rings (SSSR count). The number of ether oxygens (including phenoxy) is 1. The molecule has 0 aliphatic carbocycles. The second-order valence-electron chi connectivity index (χ2n) is 3.94. The molecule has 0 saturated carbocycles. The van der Waals surface area contributed by atoms with Gasteiger partial charge >= 0.3 is 0 Å². The fourth-order valence-electron chi connectivity index (χ4n) is 1.80. The minimum Gasteiger partial charge on any atom is -0.497 e. The summed E-state index contributed by atoms with van der Waals surface area (Å²) in [6.45, 7) is 0. The average molecular weight is 327 g/mol. The van der Waals surface area contributed by atoms with Crippen molar-refractivity contribution in [3.8, 4) is 5.75 Å². The summed E-state index contributed by atoms with van der Waals surface area (Å²) in [5.74, 6) is 6.50. The number of hydrazine groups is 1. The Labute approximate surface area is 119 Å². The minimum absolute atomic E-state index is 0.111. The largest absolute Gasteiger partial charge is 0.497 e. The highest BCUT2D eigenvalue weighted by Gasteiger charge is 2.13. The van der Waals surface area contributed by atoms with Crippen LogP contribution < -0.4 is 16.0 Å². The molecular formula is C13H15BrN2OS. The van der Waals surface area contributed by atoms with Gasteiger partial charge < -0.3 is 4.74 Å². The molecule has 1 atom stereocenters. The average Bonchev–Trinajstić information content (AvgIpc) is 2.91. The Hall–Kier alpha value is -0.880. The summed E-state index contributed by atoms with van der Waals surface area (Å²) in [5, 5.41) is 4.17. The quantitative estimate of drug-likeness (QED) is 0.654. The van der Waals surface area contributed by atoms with Gasteiger partial charge in [-0.25, -0.2) is 0 Å². The van der Waals surface area contributed by atoms with Crippen molar-refractivity contribution in [3.05, 3.63) is 50.6 Å². The van der Waals surface area contributed by atoms with E-state index in [0.29, 0.717) is 0 Å². The molecular weight excluding hydrogens is 312 g/mol. The number of hydrogen-bond donors (Lipinski definition) is 2. The first-order valence-electron chi connectivity index (χ1n) is 5.55. The van der Waals surface area contributed by atoms with Crippen LogP contribution in [0.5, 0.6) is 5.75 Å². The summed E-state index contributed by atoms with van der Waals surface area (Å²) in [4.78, 5) is 0. The van der Waals surface area contributed by atoms with Gasteiger partial charge in [-0.05, 0) is 52.6 Å². The molecule has 1 aromatic heterocycles. The zero-order valence-electron chi connectivity index (χ0n) is 10.0. The van der Waals surface area contributed by atoms with E-state index in [1.807, 2.05) is 18.2 Å². The highest BCUT2D eigenvalue weighted by atomic mass is 79.9. The highest BCUT2D eigenvalue weighted by Crippen LogP contribution is 2.27. The number of methoxy groups -OCH3 is 1. The first-order chi connectivity index (χ1) is 8.74. The topological polar surface area (TPSA) is 47.3 Å². The number of benzene rings is 1. The van der Waals surface area contributed by atoms with Crippen LogP contribution in [0, 0.1) is 0 Å². The summed E-state index contributed by atoms with van der Waals surface area (Å²) in [5.41, 5.74) is 5.24. The van der Waals surface area contributed by atoms with Gasteiger partial charge in [0.25, 0.3) is 0 Å². The molecule has 0 aliphatic heterocycles. The Kier molecular flexibility index (Phi) is 4.77. The molecule has 1 heterocycles. The van der Waals surface area contributed by atoms with Crippen molar-refractivity contribution in [2.75, 3.05) is 7.11 Å². The number of nitrogens with one attached hydrogen (secondary N) is 1. The summed E-state index contributed by atoms with van der Waals surface area (Å²) >= 11 is 5.23. The lowest BCUT2D eigenvalue weighted by Gasteiger charge is -2.16. The van der Waals surface area contributed by atoms with Crippen molar-refractivity contribution in [1.82, 2.24) is 5.43 Å². The molecule has 96 valence electrons. The van der Waals surface area contributed by atoms with Crippen LogP contribution in [-0.4, -0.2) is 7.11 Å². The second kappa shape index (κ2) is 6.33. The Morgan fingerprint density at radius 1 is 1.44 bits per heavy atom. The number of hydrogen-bond acceptors (Lipinski definition) is 4. The van der Waals surface area contributed by atoms with Crippen molar-refractivity contribution in [2.45, 2.75) is 12.5 Å². The van der Waals surface area contributed by atoms with Crippen molar-refractivity contribution in [2.24, 2.45) is 5.84 Å². The molecule has 0 bridgehead atoms. The fraction of sp³-hybridized carbons (Fsp3) is 0.231. The van der Waals surface area contributed by atoms with Crippen molar-refractivity contribution in [1.29, 1.82) is 0 Å². The van der Waals surface area contributed by atoms with Gasteiger partial charge in [-0.3, -0.25) is 11.3 Å². The zero-order chi connectivity index (χ0) is 13.0. The van der Waals surface area contributed by atoms with Gasteiger partial charge in [0, 0.05) is 4.47 Å². The van der Waals surface area contributed by atoms with Gasteiger partial charge in [0.1, 0.15) is 5.75 Å². The molecule has 1 unspecified atom stereocenters. The molecule has 0 aliphatic rings. The molecule has 3 nitrogen and oxygen atoms in total. The van der Waals surface area contributed by atoms with Crippen LogP contribution in [-0.2, 0) is 6.42 Å². The molecule has 3 N–H and O–H groups in total. The van der Waals surface area contributed by atoms with E-state index >= 15 is 0 Å². The van der Waals surface area contributed by atoms with E-state index in [4.69, 9.17) is 10.6 Å². The molecule has 2 aromatic rings. The maximum atomic E-state index is 5.64. The van der Waals surface area contributed by atoms with Gasteiger partial charge in [-0.1, -0.05) is 15.9 Å². The lowest BCUT2D eigenvalue weighted by molar-refractivity contribution is 0.413. The van der Waals surface area contributed by atoms with Gasteiger partial charge in [0.15, 0.2) is 0 Å². The van der Waals surface area contributed by atoms with E-state index in [9.17, 15) is 0 Å². The van der Waals surface area contributed by atoms with E-state index in [1.165, 1.54) is 11.1 Å². The van der Waals surface area contributed by atoms with Crippen molar-refractivity contribution < 1.29 is 4.74 Å². The molecule has 0 spiro atoms. The summed E-state index contributed by atoms with van der Waals surface area (Å²) in [6, 6.07) is 8.15. The SMILES string of the molecule is COc1ccc(Br)c(CC(NN)c2ccsc2)c1. The van der Waals surface area contributed by atoms with Crippen LogP contribution in [0.25, 0.3) is 0 Å². The fourth-order valence-corrected chi connectivity index (χ4v) is 2.92. The van der Waals surface area contributed by atoms with Crippen LogP contribution >= 0.6 is 27.3 Å². The zero-order valence-corrected chi connectivity index (χ0v) is 12.4. The van der Waals surface area contributed by atoms with Gasteiger partial charge in [0.05, 0.1) is 13.2 Å². The number of rotatable bonds is 5. The Morgan fingerprint density at radius 3 is 2.89 bits per heavy atom. The monoisotopic (exact) mass is 326 g/mol. The third kappa shape index (κ3) is 3.11. The summed E-state index contributed by atoms with van der Waals surface area (Å²) in [7, 11) is 1.67. The third-order valence-electron chi connectivity index (χ3n) is 2.82. The maximum Gasteiger partial charge on any atom is 0.119 e. The normalized spacial score (nSPS) is 12.4. The van der Waals surface area contributed by atoms with Gasteiger partial charge in [0.2, 0.25) is 0 Å². The minimum atomic E-state index is 0.111. The van der Waals surface area contributed by atoms with Crippen LogP contribution in [0.2, 0.25) is 0 Å². The third-order valence-corrected chi connectivity index (χ3v) is 4.30. The Balaban J connectivity index is 2.21. The van der Waals surface area contributed by atoms with E-state index in [-0.39, 0.29) is 6.04 Å². The summed E-state index contributed by atoms with van der Waals surface area (Å²) < 4.78 is 6.31. The van der Waals surface area contributed by atoms with E-state index in [2.05, 4.69) is 38.2 Å². The standard InChI is InChI=1S/C13H15BrN2OS/c1-17-11-2-3-12(14)10(6-11)7-13(16-15)9-4-5-18-8-9/h2-6,8,13,16H,7,15H2,1H3. The molecule has 0 amide bonds. The van der Waals surface area contributed by atoms with Crippen LogP contribution in [0.4, 0.5) is 0 Å². The second-order valence-corrected chi connectivity index (χ2v) is 5.57. The predicted octanol–water partition coefficient (Wildman–Crippen LogP) is 3.27. The molecule has 0 saturated heterocycles. The Morgan fingerprint density at radius 2 is 2.28 bits per heavy atom. The predicted molar refractivity (Wildman–Crippen MR) is 78.8 cm³/mol. The smallest absolute Gasteiger partial charge is 0.119 e. The number of nitrogens with two attached hydrogens (primary N) is 1. The molecule has 1 aromatic carbocycles. The first kappa shape index (κ1) is 13.5. The number of thiophene rings is 1. The Bertz CT molecular complexity index is 502. The van der Waals surface area contributed by atoms with E-state index in [1.54, 1.807) is 18.4 Å². The molecule has 18 heavy (non-hydrogen) atoms. The van der Waals surface area contributed by atoms with E-state index < -0.39 is 0 Å². The number of halogens is 1. The van der Waals surface area contributed by atoms with Crippen LogP contribution in [0.15, 0.2) is 39.5 Å². The van der Waals surface area contributed by atoms with Crippen LogP contribution in [0.1, 0.15) is 17.2 Å². The van der Waals surface area contributed by atoms with Crippen molar-refractivity contribution in [3.63, 3.8) is 0 Å². The molecule has 0 fully saturated rings. The first-order valence-corrected chi connectivity index (χ1v) is 7.29. The lowest BCUT2D eigenvalue weighted by atomic mass is 10.0. The molecule has 5 heteroatoms. The van der Waals surface area contributed by atoms with Crippen LogP contribution in [0.3, 0.4) is 0 Å². The lowest BCUT2D eigenvalue weighted by Crippen LogP contribution is -2.29. The van der Waals surface area contributed by atoms with Crippen molar-refractivity contribution >= 4 is 27.3 Å². The summed E-state index contributed by atoms with van der Waals surface area (Å²) in [6.07, 6.45) is 0.811. The highest BCUT2D eigenvalue weighted by molar-refractivity contribution is 9.10. The maximum absolute atomic E-state index is 5.64. The van der Waals surface area contributed by atoms with Gasteiger partial charge in [-0.2, -0.15) is 11.3 Å². The molecule has 0 radical (unpaired) electrons. The van der Waals surface area contributed by atoms with Gasteiger partial charge in [-0.15, -0.1) is 0 Å².